The Morgan fingerprint density at radius 3 is 1.74 bits per heavy atom. The first kappa shape index (κ1) is 17.4. The molecule has 6 heteroatoms. The molecule has 27 heavy (non-hydrogen) atoms. The molecule has 0 spiro atoms. The summed E-state index contributed by atoms with van der Waals surface area (Å²) in [6.45, 7) is 0.188. The van der Waals surface area contributed by atoms with Crippen LogP contribution < -0.4 is 14.2 Å². The summed E-state index contributed by atoms with van der Waals surface area (Å²) in [6, 6.07) is 18.5. The van der Waals surface area contributed by atoms with Crippen LogP contribution in [0, 0.1) is 0 Å². The van der Waals surface area contributed by atoms with Gasteiger partial charge in [0.1, 0.15) is 5.75 Å². The van der Waals surface area contributed by atoms with Gasteiger partial charge in [-0.25, -0.2) is 8.42 Å². The van der Waals surface area contributed by atoms with Gasteiger partial charge in [-0.2, -0.15) is 0 Å². The molecule has 0 saturated heterocycles. The Hall–Kier alpha value is -2.99. The van der Waals surface area contributed by atoms with Crippen LogP contribution in [0.5, 0.6) is 17.2 Å². The number of rotatable bonds is 4. The highest BCUT2D eigenvalue weighted by Crippen LogP contribution is 2.43. The standard InChI is InChI=1S/C21H18O5S/c1-24-16-7-3-14(4-8-16)18-11-20-21(26-13-25-20)12-19(18)15-5-9-17(10-6-15)27(2,22)23/h3-12H,13H2,1-2H3. The highest BCUT2D eigenvalue weighted by atomic mass is 32.2. The van der Waals surface area contributed by atoms with Gasteiger partial charge in [-0.05, 0) is 58.7 Å². The van der Waals surface area contributed by atoms with Crippen molar-refractivity contribution in [3.05, 3.63) is 60.7 Å². The van der Waals surface area contributed by atoms with Gasteiger partial charge in [0.2, 0.25) is 6.79 Å². The zero-order valence-electron chi connectivity index (χ0n) is 14.9. The molecule has 0 radical (unpaired) electrons. The zero-order valence-corrected chi connectivity index (χ0v) is 15.7. The molecule has 3 aromatic carbocycles. The van der Waals surface area contributed by atoms with Crippen molar-refractivity contribution in [3.8, 4) is 39.5 Å². The maximum absolute atomic E-state index is 11.7. The third kappa shape index (κ3) is 3.36. The van der Waals surface area contributed by atoms with Crippen LogP contribution in [-0.2, 0) is 9.84 Å². The molecular weight excluding hydrogens is 364 g/mol. The van der Waals surface area contributed by atoms with Crippen molar-refractivity contribution in [1.82, 2.24) is 0 Å². The van der Waals surface area contributed by atoms with Crippen LogP contribution in [0.1, 0.15) is 0 Å². The third-order valence-corrected chi connectivity index (χ3v) is 5.64. The number of benzene rings is 3. The summed E-state index contributed by atoms with van der Waals surface area (Å²) in [5.41, 5.74) is 3.79. The van der Waals surface area contributed by atoms with E-state index < -0.39 is 9.84 Å². The van der Waals surface area contributed by atoms with Gasteiger partial charge in [0.25, 0.3) is 0 Å². The van der Waals surface area contributed by atoms with E-state index in [1.165, 1.54) is 6.26 Å². The predicted molar refractivity (Wildman–Crippen MR) is 103 cm³/mol. The Labute approximate surface area is 158 Å². The van der Waals surface area contributed by atoms with E-state index in [0.29, 0.717) is 11.5 Å². The summed E-state index contributed by atoms with van der Waals surface area (Å²) in [7, 11) is -1.61. The number of hydrogen-bond acceptors (Lipinski definition) is 5. The van der Waals surface area contributed by atoms with Crippen molar-refractivity contribution >= 4 is 9.84 Å². The van der Waals surface area contributed by atoms with Gasteiger partial charge >= 0.3 is 0 Å². The van der Waals surface area contributed by atoms with Crippen molar-refractivity contribution in [2.24, 2.45) is 0 Å². The van der Waals surface area contributed by atoms with Crippen LogP contribution in [-0.4, -0.2) is 28.6 Å². The van der Waals surface area contributed by atoms with Gasteiger partial charge in [-0.15, -0.1) is 0 Å². The lowest BCUT2D eigenvalue weighted by Crippen LogP contribution is -1.96. The number of fused-ring (bicyclic) bond motifs is 1. The van der Waals surface area contributed by atoms with E-state index in [-0.39, 0.29) is 11.7 Å². The van der Waals surface area contributed by atoms with E-state index in [4.69, 9.17) is 14.2 Å². The Kier molecular flexibility index (Phi) is 4.28. The molecule has 0 unspecified atom stereocenters. The van der Waals surface area contributed by atoms with Crippen molar-refractivity contribution < 1.29 is 22.6 Å². The largest absolute Gasteiger partial charge is 0.497 e. The predicted octanol–water partition coefficient (Wildman–Crippen LogP) is 4.16. The third-order valence-electron chi connectivity index (χ3n) is 4.51. The van der Waals surface area contributed by atoms with Gasteiger partial charge in [-0.3, -0.25) is 0 Å². The maximum Gasteiger partial charge on any atom is 0.231 e. The van der Waals surface area contributed by atoms with Crippen LogP contribution in [0.15, 0.2) is 65.6 Å². The lowest BCUT2D eigenvalue weighted by atomic mass is 9.94. The molecule has 0 fully saturated rings. The first-order valence-electron chi connectivity index (χ1n) is 8.34. The SMILES string of the molecule is COc1ccc(-c2cc3c(cc2-c2ccc(S(C)(=O)=O)cc2)OCO3)cc1. The lowest BCUT2D eigenvalue weighted by molar-refractivity contribution is 0.174. The normalized spacial score (nSPS) is 12.8. The Morgan fingerprint density at radius 1 is 0.815 bits per heavy atom. The quantitative estimate of drug-likeness (QED) is 0.678. The van der Waals surface area contributed by atoms with Gasteiger partial charge < -0.3 is 14.2 Å². The first-order chi connectivity index (χ1) is 13.0. The highest BCUT2D eigenvalue weighted by Gasteiger charge is 2.19. The molecule has 0 N–H and O–H groups in total. The molecule has 4 rings (SSSR count). The fourth-order valence-electron chi connectivity index (χ4n) is 3.07. The van der Waals surface area contributed by atoms with E-state index in [2.05, 4.69) is 0 Å². The Morgan fingerprint density at radius 2 is 1.30 bits per heavy atom. The van der Waals surface area contributed by atoms with Gasteiger partial charge in [0.05, 0.1) is 12.0 Å². The molecule has 3 aromatic rings. The lowest BCUT2D eigenvalue weighted by Gasteiger charge is -2.13. The van der Waals surface area contributed by atoms with Crippen LogP contribution >= 0.6 is 0 Å². The molecule has 0 aromatic heterocycles. The summed E-state index contributed by atoms with van der Waals surface area (Å²) < 4.78 is 39.8. The van der Waals surface area contributed by atoms with E-state index in [1.54, 1.807) is 31.4 Å². The minimum atomic E-state index is -3.24. The number of sulfone groups is 1. The monoisotopic (exact) mass is 382 g/mol. The van der Waals surface area contributed by atoms with Crippen molar-refractivity contribution in [2.75, 3.05) is 20.2 Å². The fraction of sp³-hybridized carbons (Fsp3) is 0.143. The van der Waals surface area contributed by atoms with Crippen LogP contribution in [0.2, 0.25) is 0 Å². The second-order valence-electron chi connectivity index (χ2n) is 6.28. The topological polar surface area (TPSA) is 61.8 Å². The molecule has 1 aliphatic rings. The van der Waals surface area contributed by atoms with E-state index in [1.807, 2.05) is 36.4 Å². The number of methoxy groups -OCH3 is 1. The molecule has 5 nitrogen and oxygen atoms in total. The smallest absolute Gasteiger partial charge is 0.231 e. The molecule has 0 bridgehead atoms. The van der Waals surface area contributed by atoms with Gasteiger partial charge in [-0.1, -0.05) is 24.3 Å². The Bertz CT molecular complexity index is 1080. The van der Waals surface area contributed by atoms with E-state index >= 15 is 0 Å². The average Bonchev–Trinajstić information content (AvgIpc) is 3.14. The second-order valence-corrected chi connectivity index (χ2v) is 8.29. The van der Waals surface area contributed by atoms with E-state index in [0.717, 1.165) is 28.0 Å². The molecule has 0 saturated carbocycles. The Balaban J connectivity index is 1.86. The van der Waals surface area contributed by atoms with Crippen molar-refractivity contribution in [3.63, 3.8) is 0 Å². The summed E-state index contributed by atoms with van der Waals surface area (Å²) in [6.07, 6.45) is 1.20. The molecule has 0 atom stereocenters. The number of ether oxygens (including phenoxy) is 3. The molecule has 1 aliphatic heterocycles. The van der Waals surface area contributed by atoms with Crippen molar-refractivity contribution in [2.45, 2.75) is 4.90 Å². The minimum absolute atomic E-state index is 0.188. The molecule has 0 amide bonds. The first-order valence-corrected chi connectivity index (χ1v) is 10.2. The van der Waals surface area contributed by atoms with E-state index in [9.17, 15) is 8.42 Å². The fourth-order valence-corrected chi connectivity index (χ4v) is 3.70. The molecule has 138 valence electrons. The molecule has 0 aliphatic carbocycles. The summed E-state index contributed by atoms with van der Waals surface area (Å²) in [5, 5.41) is 0. The van der Waals surface area contributed by atoms with Gasteiger partial charge in [0.15, 0.2) is 21.3 Å². The van der Waals surface area contributed by atoms with Gasteiger partial charge in [0, 0.05) is 6.26 Å². The van der Waals surface area contributed by atoms with Crippen LogP contribution in [0.25, 0.3) is 22.3 Å². The highest BCUT2D eigenvalue weighted by molar-refractivity contribution is 7.90. The second kappa shape index (κ2) is 6.63. The average molecular weight is 382 g/mol. The van der Waals surface area contributed by atoms with Crippen LogP contribution in [0.3, 0.4) is 0 Å². The molecule has 1 heterocycles. The summed E-state index contributed by atoms with van der Waals surface area (Å²) in [5.74, 6) is 2.14. The summed E-state index contributed by atoms with van der Waals surface area (Å²) in [4.78, 5) is 0.290. The van der Waals surface area contributed by atoms with Crippen molar-refractivity contribution in [1.29, 1.82) is 0 Å². The maximum atomic E-state index is 11.7. The van der Waals surface area contributed by atoms with Crippen LogP contribution in [0.4, 0.5) is 0 Å². The summed E-state index contributed by atoms with van der Waals surface area (Å²) >= 11 is 0. The molecular formula is C21H18O5S. The zero-order chi connectivity index (χ0) is 19.0. The minimum Gasteiger partial charge on any atom is -0.497 e. The number of hydrogen-bond donors (Lipinski definition) is 0.